The Hall–Kier alpha value is -3.03. The van der Waals surface area contributed by atoms with E-state index >= 15 is 0 Å². The van der Waals surface area contributed by atoms with E-state index in [9.17, 15) is 28.4 Å². The molecule has 0 saturated carbocycles. The standard InChI is InChI=1S/C23H32N2O10S/c1-4-16(14-34-36(30,31)32)10-17-11-21(26)23(22(27)12-17)20(5-2)24-33-13-15(3)35-19-8-6-18(7-9-19)25(28)29/h6-9,11,15-17,23,26H,4-5,10,12-14H2,1-3H3,(H,30,31,32). The van der Waals surface area contributed by atoms with Crippen molar-refractivity contribution in [3.8, 4) is 5.75 Å². The largest absolute Gasteiger partial charge is 0.511 e. The summed E-state index contributed by atoms with van der Waals surface area (Å²) in [5, 5.41) is 25.4. The molecular weight excluding hydrogens is 496 g/mol. The molecule has 4 atom stereocenters. The minimum Gasteiger partial charge on any atom is -0.511 e. The first-order chi connectivity index (χ1) is 16.9. The Kier molecular flexibility index (Phi) is 10.8. The summed E-state index contributed by atoms with van der Waals surface area (Å²) in [6.45, 7) is 5.17. The molecule has 0 amide bonds. The second kappa shape index (κ2) is 13.3. The molecule has 1 aliphatic rings. The van der Waals surface area contributed by atoms with Crippen LogP contribution in [-0.2, 0) is 24.2 Å². The fraction of sp³-hybridized carbons (Fsp3) is 0.565. The van der Waals surface area contributed by atoms with E-state index in [-0.39, 0.29) is 48.7 Å². The predicted molar refractivity (Wildman–Crippen MR) is 130 cm³/mol. The Labute approximate surface area is 210 Å². The van der Waals surface area contributed by atoms with Gasteiger partial charge in [-0.05, 0) is 49.8 Å². The number of benzene rings is 1. The van der Waals surface area contributed by atoms with Gasteiger partial charge in [0.25, 0.3) is 5.69 Å². The molecule has 0 aliphatic heterocycles. The molecule has 0 radical (unpaired) electrons. The number of hydrogen-bond donors (Lipinski definition) is 2. The first-order valence-electron chi connectivity index (χ1n) is 11.6. The zero-order valence-corrected chi connectivity index (χ0v) is 21.2. The van der Waals surface area contributed by atoms with Crippen molar-refractivity contribution in [1.82, 2.24) is 0 Å². The number of nitro benzene ring substituents is 1. The fourth-order valence-electron chi connectivity index (χ4n) is 3.87. The molecule has 13 heteroatoms. The Morgan fingerprint density at radius 2 is 1.92 bits per heavy atom. The number of carbonyl (C=O) groups is 1. The second-order valence-electron chi connectivity index (χ2n) is 8.59. The van der Waals surface area contributed by atoms with Crippen LogP contribution in [0.2, 0.25) is 0 Å². The predicted octanol–water partition coefficient (Wildman–Crippen LogP) is 4.03. The van der Waals surface area contributed by atoms with E-state index in [1.165, 1.54) is 24.3 Å². The van der Waals surface area contributed by atoms with Gasteiger partial charge in [-0.25, -0.2) is 4.18 Å². The van der Waals surface area contributed by atoms with Crippen LogP contribution in [0.25, 0.3) is 0 Å². The number of ketones is 1. The second-order valence-corrected chi connectivity index (χ2v) is 9.68. The van der Waals surface area contributed by atoms with Crippen molar-refractivity contribution in [1.29, 1.82) is 0 Å². The monoisotopic (exact) mass is 528 g/mol. The Bertz CT molecular complexity index is 1070. The molecule has 36 heavy (non-hydrogen) atoms. The summed E-state index contributed by atoms with van der Waals surface area (Å²) in [6, 6.07) is 5.62. The van der Waals surface area contributed by atoms with Crippen LogP contribution < -0.4 is 4.74 Å². The van der Waals surface area contributed by atoms with Crippen molar-refractivity contribution >= 4 is 27.6 Å². The van der Waals surface area contributed by atoms with Crippen molar-refractivity contribution < 1.29 is 41.6 Å². The van der Waals surface area contributed by atoms with Crippen LogP contribution >= 0.6 is 0 Å². The summed E-state index contributed by atoms with van der Waals surface area (Å²) >= 11 is 0. The number of ether oxygens (including phenoxy) is 1. The number of rotatable bonds is 14. The quantitative estimate of drug-likeness (QED) is 0.155. The van der Waals surface area contributed by atoms with Gasteiger partial charge in [0.15, 0.2) is 6.61 Å². The van der Waals surface area contributed by atoms with Crippen LogP contribution in [-0.4, -0.2) is 53.8 Å². The van der Waals surface area contributed by atoms with Gasteiger partial charge in [-0.2, -0.15) is 8.42 Å². The van der Waals surface area contributed by atoms with Crippen molar-refractivity contribution in [2.75, 3.05) is 13.2 Å². The Morgan fingerprint density at radius 1 is 1.25 bits per heavy atom. The van der Waals surface area contributed by atoms with Gasteiger partial charge in [0, 0.05) is 18.6 Å². The highest BCUT2D eigenvalue weighted by molar-refractivity contribution is 7.80. The molecule has 0 saturated heterocycles. The average molecular weight is 529 g/mol. The summed E-state index contributed by atoms with van der Waals surface area (Å²) in [5.74, 6) is -1.40. The number of aliphatic hydroxyl groups excluding tert-OH is 1. The normalized spacial score (nSPS) is 20.4. The summed E-state index contributed by atoms with van der Waals surface area (Å²) < 4.78 is 40.5. The van der Waals surface area contributed by atoms with E-state index < -0.39 is 27.3 Å². The van der Waals surface area contributed by atoms with Gasteiger partial charge in [-0.3, -0.25) is 19.5 Å². The molecule has 200 valence electrons. The molecule has 1 aliphatic carbocycles. The maximum atomic E-state index is 12.8. The lowest BCUT2D eigenvalue weighted by Gasteiger charge is -2.27. The molecule has 1 aromatic carbocycles. The van der Waals surface area contributed by atoms with Crippen molar-refractivity contribution in [3.05, 3.63) is 46.2 Å². The van der Waals surface area contributed by atoms with Gasteiger partial charge in [-0.15, -0.1) is 0 Å². The van der Waals surface area contributed by atoms with Gasteiger partial charge in [-0.1, -0.05) is 25.4 Å². The number of carbonyl (C=O) groups excluding carboxylic acids is 1. The van der Waals surface area contributed by atoms with Crippen molar-refractivity contribution in [2.24, 2.45) is 22.9 Å². The average Bonchev–Trinajstić information content (AvgIpc) is 2.80. The number of aliphatic hydroxyl groups is 1. The first kappa shape index (κ1) is 29.2. The lowest BCUT2D eigenvalue weighted by atomic mass is 9.79. The van der Waals surface area contributed by atoms with Gasteiger partial charge in [0.1, 0.15) is 29.3 Å². The van der Waals surface area contributed by atoms with Crippen LogP contribution in [0.3, 0.4) is 0 Å². The third-order valence-electron chi connectivity index (χ3n) is 5.72. The maximum absolute atomic E-state index is 12.8. The summed E-state index contributed by atoms with van der Waals surface area (Å²) in [5.41, 5.74) is 0.309. The Balaban J connectivity index is 1.96. The van der Waals surface area contributed by atoms with Crippen LogP contribution in [0.4, 0.5) is 5.69 Å². The van der Waals surface area contributed by atoms with E-state index in [4.69, 9.17) is 14.1 Å². The zero-order chi connectivity index (χ0) is 26.9. The van der Waals surface area contributed by atoms with Gasteiger partial charge in [0.2, 0.25) is 0 Å². The number of allylic oxidation sites excluding steroid dienone is 2. The van der Waals surface area contributed by atoms with E-state index in [2.05, 4.69) is 9.34 Å². The van der Waals surface area contributed by atoms with E-state index in [1.54, 1.807) is 19.9 Å². The molecule has 0 heterocycles. The van der Waals surface area contributed by atoms with Crippen molar-refractivity contribution in [3.63, 3.8) is 0 Å². The molecule has 1 aromatic rings. The number of oxime groups is 1. The minimum atomic E-state index is -4.55. The highest BCUT2D eigenvalue weighted by Crippen LogP contribution is 2.31. The van der Waals surface area contributed by atoms with Crippen LogP contribution in [0.15, 0.2) is 41.3 Å². The summed E-state index contributed by atoms with van der Waals surface area (Å²) in [6.07, 6.45) is 2.59. The number of non-ortho nitro benzene ring substituents is 1. The maximum Gasteiger partial charge on any atom is 0.397 e. The lowest BCUT2D eigenvalue weighted by Crippen LogP contribution is -2.32. The van der Waals surface area contributed by atoms with E-state index in [1.807, 2.05) is 6.92 Å². The number of nitrogens with zero attached hydrogens (tertiary/aromatic N) is 2. The minimum absolute atomic E-state index is 0.0421. The van der Waals surface area contributed by atoms with Crippen LogP contribution in [0.1, 0.15) is 46.5 Å². The number of Topliss-reactive ketones (excluding diaryl/α,β-unsaturated/α-hetero) is 1. The lowest BCUT2D eigenvalue weighted by molar-refractivity contribution is -0.384. The molecule has 2 N–H and O–H groups in total. The number of nitro groups is 1. The highest BCUT2D eigenvalue weighted by atomic mass is 32.3. The molecule has 2 rings (SSSR count). The summed E-state index contributed by atoms with van der Waals surface area (Å²) in [7, 11) is -4.55. The summed E-state index contributed by atoms with van der Waals surface area (Å²) in [4.78, 5) is 28.4. The van der Waals surface area contributed by atoms with Crippen LogP contribution in [0, 0.1) is 27.9 Å². The Morgan fingerprint density at radius 3 is 2.44 bits per heavy atom. The third-order valence-corrected chi connectivity index (χ3v) is 6.16. The van der Waals surface area contributed by atoms with Crippen molar-refractivity contribution in [2.45, 2.75) is 52.6 Å². The topological polar surface area (TPSA) is 175 Å². The highest BCUT2D eigenvalue weighted by Gasteiger charge is 2.35. The molecule has 0 aromatic heterocycles. The third kappa shape index (κ3) is 9.21. The zero-order valence-electron chi connectivity index (χ0n) is 20.4. The van der Waals surface area contributed by atoms with Gasteiger partial charge in [0.05, 0.1) is 17.2 Å². The fourth-order valence-corrected chi connectivity index (χ4v) is 4.23. The van der Waals surface area contributed by atoms with E-state index in [0.717, 1.165) is 0 Å². The molecule has 0 fully saturated rings. The molecule has 12 nitrogen and oxygen atoms in total. The smallest absolute Gasteiger partial charge is 0.397 e. The molecule has 4 unspecified atom stereocenters. The number of hydrogen-bond acceptors (Lipinski definition) is 10. The first-order valence-corrected chi connectivity index (χ1v) is 12.9. The van der Waals surface area contributed by atoms with E-state index in [0.29, 0.717) is 30.7 Å². The SMILES string of the molecule is CCC(=NOCC(C)Oc1ccc([N+](=O)[O-])cc1)C1C(=O)CC(CC(CC)COS(=O)(=O)O)C=C1O. The molecule has 0 bridgehead atoms. The van der Waals surface area contributed by atoms with Gasteiger partial charge < -0.3 is 14.7 Å². The van der Waals surface area contributed by atoms with Gasteiger partial charge >= 0.3 is 10.4 Å². The van der Waals surface area contributed by atoms with Crippen LogP contribution in [0.5, 0.6) is 5.75 Å². The molecule has 0 spiro atoms. The molecular formula is C23H32N2O10S.